The molecule has 0 heterocycles. The van der Waals surface area contributed by atoms with Gasteiger partial charge in [-0.3, -0.25) is 0 Å². The van der Waals surface area contributed by atoms with E-state index in [1.54, 1.807) is 0 Å². The molecule has 66 valence electrons. The fraction of sp³-hybridized carbons (Fsp3) is 0.400. The summed E-state index contributed by atoms with van der Waals surface area (Å²) < 4.78 is 1.11. The van der Waals surface area contributed by atoms with Gasteiger partial charge in [0, 0.05) is 4.43 Å². The van der Waals surface area contributed by atoms with E-state index in [9.17, 15) is 0 Å². The molecule has 0 saturated carbocycles. The molecule has 0 aliphatic heterocycles. The second kappa shape index (κ2) is 5.07. The Bertz CT molecular complexity index is 230. The lowest BCUT2D eigenvalue weighted by molar-refractivity contribution is 0.905. The summed E-state index contributed by atoms with van der Waals surface area (Å²) in [6, 6.07) is 8.44. The van der Waals surface area contributed by atoms with Crippen LogP contribution in [0.5, 0.6) is 0 Å². The minimum absolute atomic E-state index is 0.183. The summed E-state index contributed by atoms with van der Waals surface area (Å²) >= 11 is 8.51. The van der Waals surface area contributed by atoms with E-state index in [0.29, 0.717) is 0 Å². The van der Waals surface area contributed by atoms with E-state index in [-0.39, 0.29) is 5.38 Å². The van der Waals surface area contributed by atoms with Crippen LogP contribution in [0.3, 0.4) is 0 Å². The highest BCUT2D eigenvalue weighted by Gasteiger charge is 2.05. The molecular weight excluding hydrogens is 282 g/mol. The highest BCUT2D eigenvalue weighted by molar-refractivity contribution is 14.1. The van der Waals surface area contributed by atoms with Crippen molar-refractivity contribution in [2.24, 2.45) is 0 Å². The Balaban J connectivity index is 2.68. The van der Waals surface area contributed by atoms with E-state index >= 15 is 0 Å². The lowest BCUT2D eigenvalue weighted by Gasteiger charge is -2.07. The van der Waals surface area contributed by atoms with E-state index < -0.39 is 0 Å². The van der Waals surface area contributed by atoms with Crippen LogP contribution >= 0.6 is 34.2 Å². The van der Waals surface area contributed by atoms with Crippen LogP contribution in [0.15, 0.2) is 24.3 Å². The van der Waals surface area contributed by atoms with E-state index in [4.69, 9.17) is 11.6 Å². The molecule has 1 unspecified atom stereocenters. The average molecular weight is 295 g/mol. The summed E-state index contributed by atoms with van der Waals surface area (Å²) in [7, 11) is 0. The normalized spacial score (nSPS) is 12.9. The minimum atomic E-state index is 0.183. The molecule has 0 saturated heterocycles. The van der Waals surface area contributed by atoms with Crippen LogP contribution < -0.4 is 0 Å². The third-order valence-corrected chi connectivity index (χ3v) is 2.89. The summed E-state index contributed by atoms with van der Waals surface area (Å²) in [5.41, 5.74) is 2.52. The summed E-state index contributed by atoms with van der Waals surface area (Å²) in [6.45, 7) is 2.09. The number of aryl methyl sites for hydroxylation is 1. The Hall–Kier alpha value is 0.240. The zero-order valence-corrected chi connectivity index (χ0v) is 9.97. The van der Waals surface area contributed by atoms with Gasteiger partial charge in [0.15, 0.2) is 0 Å². The molecule has 0 fully saturated rings. The molecule has 0 amide bonds. The first-order valence-electron chi connectivity index (χ1n) is 4.00. The van der Waals surface area contributed by atoms with Gasteiger partial charge >= 0.3 is 0 Å². The molecule has 1 atom stereocenters. The summed E-state index contributed by atoms with van der Waals surface area (Å²) in [5.74, 6) is 0. The van der Waals surface area contributed by atoms with Gasteiger partial charge in [0.2, 0.25) is 0 Å². The fourth-order valence-electron chi connectivity index (χ4n) is 1.04. The third kappa shape index (κ3) is 2.94. The second-order valence-electron chi connectivity index (χ2n) is 2.86. The van der Waals surface area contributed by atoms with E-state index in [2.05, 4.69) is 53.8 Å². The van der Waals surface area contributed by atoms with Gasteiger partial charge in [0.05, 0.1) is 5.38 Å². The molecule has 0 aliphatic carbocycles. The van der Waals surface area contributed by atoms with Crippen molar-refractivity contribution >= 4 is 34.2 Å². The summed E-state index contributed by atoms with van der Waals surface area (Å²) in [6.07, 6.45) is 1.05. The van der Waals surface area contributed by atoms with Crippen LogP contribution in [0, 0.1) is 6.92 Å². The smallest absolute Gasteiger partial charge is 0.0592 e. The molecular formula is C10H12ClI. The van der Waals surface area contributed by atoms with E-state index in [1.807, 2.05) is 0 Å². The Kier molecular flexibility index (Phi) is 4.36. The quantitative estimate of drug-likeness (QED) is 0.581. The molecule has 12 heavy (non-hydrogen) atoms. The maximum Gasteiger partial charge on any atom is 0.0592 e. The minimum Gasteiger partial charge on any atom is -0.118 e. The first kappa shape index (κ1) is 10.3. The van der Waals surface area contributed by atoms with Crippen molar-refractivity contribution in [2.75, 3.05) is 4.43 Å². The molecule has 1 rings (SSSR count). The van der Waals surface area contributed by atoms with Gasteiger partial charge < -0.3 is 0 Å². The lowest BCUT2D eigenvalue weighted by atomic mass is 10.1. The van der Waals surface area contributed by atoms with Gasteiger partial charge in [0.1, 0.15) is 0 Å². The van der Waals surface area contributed by atoms with Gasteiger partial charge in [-0.15, -0.1) is 11.6 Å². The zero-order valence-electron chi connectivity index (χ0n) is 7.06. The Labute approximate surface area is 92.5 Å². The Morgan fingerprint density at radius 2 is 1.92 bits per heavy atom. The maximum atomic E-state index is 6.15. The first-order valence-corrected chi connectivity index (χ1v) is 5.97. The van der Waals surface area contributed by atoms with Gasteiger partial charge in [-0.25, -0.2) is 0 Å². The predicted octanol–water partition coefficient (Wildman–Crippen LogP) is 4.10. The zero-order chi connectivity index (χ0) is 8.97. The van der Waals surface area contributed by atoms with Crippen molar-refractivity contribution in [3.05, 3.63) is 35.4 Å². The number of halogens is 2. The average Bonchev–Trinajstić information content (AvgIpc) is 2.06. The highest BCUT2D eigenvalue weighted by Crippen LogP contribution is 2.24. The van der Waals surface area contributed by atoms with Gasteiger partial charge in [-0.1, -0.05) is 52.4 Å². The van der Waals surface area contributed by atoms with E-state index in [1.165, 1.54) is 11.1 Å². The molecule has 0 nitrogen and oxygen atoms in total. The Morgan fingerprint density at radius 1 is 1.33 bits per heavy atom. The molecule has 1 aromatic carbocycles. The molecule has 0 aliphatic rings. The second-order valence-corrected chi connectivity index (χ2v) is 4.46. The van der Waals surface area contributed by atoms with Crippen LogP contribution in [0.4, 0.5) is 0 Å². The van der Waals surface area contributed by atoms with Crippen LogP contribution in [-0.4, -0.2) is 4.43 Å². The monoisotopic (exact) mass is 294 g/mol. The number of benzene rings is 1. The van der Waals surface area contributed by atoms with Crippen molar-refractivity contribution < 1.29 is 0 Å². The number of rotatable bonds is 3. The van der Waals surface area contributed by atoms with Crippen LogP contribution in [0.2, 0.25) is 0 Å². The van der Waals surface area contributed by atoms with E-state index in [0.717, 1.165) is 10.8 Å². The van der Waals surface area contributed by atoms with Crippen molar-refractivity contribution in [1.29, 1.82) is 0 Å². The molecule has 2 heteroatoms. The first-order chi connectivity index (χ1) is 5.74. The number of hydrogen-bond acceptors (Lipinski definition) is 0. The SMILES string of the molecule is Cc1ccc(C(Cl)CCI)cc1. The standard InChI is InChI=1S/C10H12ClI/c1-8-2-4-9(5-3-8)10(11)6-7-12/h2-5,10H,6-7H2,1H3. The van der Waals surface area contributed by atoms with Crippen molar-refractivity contribution in [3.63, 3.8) is 0 Å². The van der Waals surface area contributed by atoms with Gasteiger partial charge in [-0.05, 0) is 18.9 Å². The predicted molar refractivity (Wildman–Crippen MR) is 63.3 cm³/mol. The summed E-state index contributed by atoms with van der Waals surface area (Å²) in [4.78, 5) is 0. The van der Waals surface area contributed by atoms with Crippen molar-refractivity contribution in [3.8, 4) is 0 Å². The molecule has 0 spiro atoms. The summed E-state index contributed by atoms with van der Waals surface area (Å²) in [5, 5.41) is 0.183. The van der Waals surface area contributed by atoms with Gasteiger partial charge in [-0.2, -0.15) is 0 Å². The molecule has 0 radical (unpaired) electrons. The fourth-order valence-corrected chi connectivity index (χ4v) is 2.28. The number of hydrogen-bond donors (Lipinski definition) is 0. The third-order valence-electron chi connectivity index (χ3n) is 1.80. The molecule has 0 bridgehead atoms. The van der Waals surface area contributed by atoms with Gasteiger partial charge in [0.25, 0.3) is 0 Å². The Morgan fingerprint density at radius 3 is 2.42 bits per heavy atom. The largest absolute Gasteiger partial charge is 0.118 e. The molecule has 0 N–H and O–H groups in total. The van der Waals surface area contributed by atoms with Crippen molar-refractivity contribution in [2.45, 2.75) is 18.7 Å². The lowest BCUT2D eigenvalue weighted by Crippen LogP contribution is -1.90. The highest BCUT2D eigenvalue weighted by atomic mass is 127. The maximum absolute atomic E-state index is 6.15. The topological polar surface area (TPSA) is 0 Å². The molecule has 0 aromatic heterocycles. The van der Waals surface area contributed by atoms with Crippen molar-refractivity contribution in [1.82, 2.24) is 0 Å². The number of alkyl halides is 2. The molecule has 1 aromatic rings. The van der Waals surface area contributed by atoms with Crippen LogP contribution in [-0.2, 0) is 0 Å². The van der Waals surface area contributed by atoms with Crippen LogP contribution in [0.25, 0.3) is 0 Å². The van der Waals surface area contributed by atoms with Crippen LogP contribution in [0.1, 0.15) is 22.9 Å².